The van der Waals surface area contributed by atoms with E-state index in [1.54, 1.807) is 23.7 Å². The standard InChI is InChI=1S/C20H23N3O3.C2H6/c1-11-6-16(24)22(5)18-14(11)8-15-12(2)7-17(25)23-13(9-21(3)4)10-26-20(18)19(15)23;1-2/h6-8,13H,9-10H2,1-5H3;1-2H3. The van der Waals surface area contributed by atoms with Crippen LogP contribution in [0.1, 0.15) is 31.0 Å². The van der Waals surface area contributed by atoms with Gasteiger partial charge in [-0.3, -0.25) is 14.2 Å². The number of aromatic nitrogens is 2. The number of ether oxygens (including phenoxy) is 1. The lowest BCUT2D eigenvalue weighted by atomic mass is 10.0. The van der Waals surface area contributed by atoms with Crippen molar-refractivity contribution < 1.29 is 4.74 Å². The van der Waals surface area contributed by atoms with E-state index in [2.05, 4.69) is 11.0 Å². The minimum Gasteiger partial charge on any atom is -0.487 e. The van der Waals surface area contributed by atoms with Gasteiger partial charge in [-0.05, 0) is 45.1 Å². The number of hydrogen-bond donors (Lipinski definition) is 0. The highest BCUT2D eigenvalue weighted by molar-refractivity contribution is 6.04. The number of aryl methyl sites for hydroxylation is 3. The zero-order valence-corrected chi connectivity index (χ0v) is 17.8. The van der Waals surface area contributed by atoms with Crippen molar-refractivity contribution in [3.05, 3.63) is 50.0 Å². The molecule has 0 spiro atoms. The van der Waals surface area contributed by atoms with Crippen molar-refractivity contribution in [3.63, 3.8) is 0 Å². The van der Waals surface area contributed by atoms with Crippen LogP contribution in [0.3, 0.4) is 0 Å². The van der Waals surface area contributed by atoms with Gasteiger partial charge in [-0.2, -0.15) is 0 Å². The molecule has 0 N–H and O–H groups in total. The molecule has 1 aromatic carbocycles. The third-order valence-corrected chi connectivity index (χ3v) is 5.26. The summed E-state index contributed by atoms with van der Waals surface area (Å²) in [6.07, 6.45) is 0. The van der Waals surface area contributed by atoms with Gasteiger partial charge in [0.1, 0.15) is 6.61 Å². The van der Waals surface area contributed by atoms with Crippen molar-refractivity contribution in [1.29, 1.82) is 0 Å². The molecule has 6 heteroatoms. The highest BCUT2D eigenvalue weighted by Gasteiger charge is 2.28. The van der Waals surface area contributed by atoms with Gasteiger partial charge in [-0.1, -0.05) is 13.8 Å². The summed E-state index contributed by atoms with van der Waals surface area (Å²) in [5.74, 6) is 0.636. The summed E-state index contributed by atoms with van der Waals surface area (Å²) in [5.41, 5.74) is 3.28. The predicted octanol–water partition coefficient (Wildman–Crippen LogP) is 2.99. The van der Waals surface area contributed by atoms with E-state index in [9.17, 15) is 9.59 Å². The smallest absolute Gasteiger partial charge is 0.251 e. The summed E-state index contributed by atoms with van der Waals surface area (Å²) >= 11 is 0. The third-order valence-electron chi connectivity index (χ3n) is 5.26. The summed E-state index contributed by atoms with van der Waals surface area (Å²) < 4.78 is 9.63. The van der Waals surface area contributed by atoms with Crippen LogP contribution in [-0.2, 0) is 7.05 Å². The summed E-state index contributed by atoms with van der Waals surface area (Å²) in [5, 5.41) is 1.98. The average Bonchev–Trinajstić information content (AvgIpc) is 2.65. The molecule has 28 heavy (non-hydrogen) atoms. The Morgan fingerprint density at radius 3 is 2.18 bits per heavy atom. The fraction of sp³-hybridized carbons (Fsp3) is 0.455. The van der Waals surface area contributed by atoms with Gasteiger partial charge in [0, 0.05) is 36.5 Å². The van der Waals surface area contributed by atoms with Crippen LogP contribution in [0.15, 0.2) is 27.8 Å². The molecular formula is C22H29N3O3. The first-order chi connectivity index (χ1) is 13.3. The van der Waals surface area contributed by atoms with Crippen molar-refractivity contribution in [2.75, 3.05) is 27.2 Å². The lowest BCUT2D eigenvalue weighted by molar-refractivity contribution is 0.200. The molecule has 0 aliphatic carbocycles. The van der Waals surface area contributed by atoms with Crippen LogP contribution >= 0.6 is 0 Å². The molecule has 0 radical (unpaired) electrons. The second-order valence-electron chi connectivity index (χ2n) is 7.49. The fourth-order valence-corrected chi connectivity index (χ4v) is 4.03. The zero-order valence-electron chi connectivity index (χ0n) is 17.8. The van der Waals surface area contributed by atoms with Crippen LogP contribution in [0.5, 0.6) is 5.75 Å². The quantitative estimate of drug-likeness (QED) is 0.639. The van der Waals surface area contributed by atoms with Crippen LogP contribution in [0.2, 0.25) is 0 Å². The van der Waals surface area contributed by atoms with Crippen molar-refractivity contribution in [3.8, 4) is 5.75 Å². The number of nitrogens with zero attached hydrogens (tertiary/aromatic N) is 3. The maximum Gasteiger partial charge on any atom is 0.251 e. The molecule has 4 rings (SSSR count). The van der Waals surface area contributed by atoms with Gasteiger partial charge in [0.05, 0.1) is 17.1 Å². The topological polar surface area (TPSA) is 56.5 Å². The second-order valence-corrected chi connectivity index (χ2v) is 7.49. The van der Waals surface area contributed by atoms with Gasteiger partial charge in [0.2, 0.25) is 0 Å². The van der Waals surface area contributed by atoms with Gasteiger partial charge in [0.15, 0.2) is 5.75 Å². The minimum absolute atomic E-state index is 0.0246. The Balaban J connectivity index is 0.00000109. The molecule has 1 atom stereocenters. The molecular weight excluding hydrogens is 354 g/mol. The van der Waals surface area contributed by atoms with Gasteiger partial charge in [0.25, 0.3) is 11.1 Å². The first-order valence-electron chi connectivity index (χ1n) is 9.76. The lowest BCUT2D eigenvalue weighted by Gasteiger charge is -2.31. The fourth-order valence-electron chi connectivity index (χ4n) is 4.03. The van der Waals surface area contributed by atoms with E-state index in [4.69, 9.17) is 4.74 Å². The zero-order chi connectivity index (χ0) is 20.7. The molecule has 2 aromatic heterocycles. The highest BCUT2D eigenvalue weighted by Crippen LogP contribution is 2.39. The number of benzene rings is 1. The maximum atomic E-state index is 12.8. The highest BCUT2D eigenvalue weighted by atomic mass is 16.5. The van der Waals surface area contributed by atoms with E-state index in [1.165, 1.54) is 0 Å². The first kappa shape index (κ1) is 20.1. The first-order valence-corrected chi connectivity index (χ1v) is 9.76. The van der Waals surface area contributed by atoms with Crippen molar-refractivity contribution in [2.45, 2.75) is 33.7 Å². The number of likely N-dealkylation sites (N-methyl/N-ethyl adjacent to an activating group) is 1. The van der Waals surface area contributed by atoms with Gasteiger partial charge in [-0.15, -0.1) is 0 Å². The van der Waals surface area contributed by atoms with Crippen molar-refractivity contribution >= 4 is 21.8 Å². The summed E-state index contributed by atoms with van der Waals surface area (Å²) in [4.78, 5) is 27.2. The molecule has 0 saturated heterocycles. The summed E-state index contributed by atoms with van der Waals surface area (Å²) in [7, 11) is 5.72. The molecule has 6 nitrogen and oxygen atoms in total. The van der Waals surface area contributed by atoms with Crippen LogP contribution in [0.4, 0.5) is 0 Å². The largest absolute Gasteiger partial charge is 0.487 e. The summed E-state index contributed by atoms with van der Waals surface area (Å²) in [6.45, 7) is 9.00. The summed E-state index contributed by atoms with van der Waals surface area (Å²) in [6, 6.07) is 5.36. The molecule has 1 aliphatic rings. The van der Waals surface area contributed by atoms with Gasteiger partial charge >= 0.3 is 0 Å². The number of pyridine rings is 2. The maximum absolute atomic E-state index is 12.8. The molecule has 0 fully saturated rings. The molecule has 3 aromatic rings. The Morgan fingerprint density at radius 1 is 1.00 bits per heavy atom. The Hall–Kier alpha value is -2.60. The van der Waals surface area contributed by atoms with E-state index in [0.717, 1.165) is 32.9 Å². The van der Waals surface area contributed by atoms with E-state index in [0.29, 0.717) is 18.9 Å². The van der Waals surface area contributed by atoms with Gasteiger partial charge in [-0.25, -0.2) is 0 Å². The Labute approximate surface area is 164 Å². The Bertz CT molecular complexity index is 1170. The van der Waals surface area contributed by atoms with E-state index in [1.807, 2.05) is 46.4 Å². The third kappa shape index (κ3) is 3.02. The average molecular weight is 383 g/mol. The van der Waals surface area contributed by atoms with E-state index >= 15 is 0 Å². The molecule has 3 heterocycles. The van der Waals surface area contributed by atoms with Gasteiger partial charge < -0.3 is 14.2 Å². The number of fused-ring (bicyclic) bond motifs is 2. The van der Waals surface area contributed by atoms with Crippen molar-refractivity contribution in [1.82, 2.24) is 14.0 Å². The number of hydrogen-bond acceptors (Lipinski definition) is 4. The van der Waals surface area contributed by atoms with Crippen LogP contribution in [0.25, 0.3) is 21.8 Å². The van der Waals surface area contributed by atoms with Crippen molar-refractivity contribution in [2.24, 2.45) is 7.05 Å². The Morgan fingerprint density at radius 2 is 1.57 bits per heavy atom. The number of rotatable bonds is 2. The van der Waals surface area contributed by atoms with Crippen LogP contribution in [0, 0.1) is 13.8 Å². The molecule has 0 amide bonds. The monoisotopic (exact) mass is 383 g/mol. The van der Waals surface area contributed by atoms with E-state index in [-0.39, 0.29) is 17.2 Å². The normalized spacial score (nSPS) is 15.5. The molecule has 150 valence electrons. The molecule has 0 saturated carbocycles. The van der Waals surface area contributed by atoms with Crippen LogP contribution in [-0.4, -0.2) is 41.3 Å². The predicted molar refractivity (Wildman–Crippen MR) is 115 cm³/mol. The molecule has 0 bridgehead atoms. The van der Waals surface area contributed by atoms with E-state index < -0.39 is 0 Å². The Kier molecular flexibility index (Phi) is 5.35. The lowest BCUT2D eigenvalue weighted by Crippen LogP contribution is -2.38. The molecule has 1 unspecified atom stereocenters. The molecule has 1 aliphatic heterocycles. The second kappa shape index (κ2) is 7.43. The van der Waals surface area contributed by atoms with Crippen LogP contribution < -0.4 is 15.9 Å². The minimum atomic E-state index is -0.0776. The SMILES string of the molecule is CC.Cc1cc(=O)n(C)c2c3c4c(cc12)c(C)cc(=O)n4C(CN(C)C)CO3.